The fraction of sp³-hybridized carbons (Fsp3) is 0.0702. The summed E-state index contributed by atoms with van der Waals surface area (Å²) in [6, 6.07) is 141. The topological polar surface area (TPSA) is 114 Å². The van der Waals surface area contributed by atoms with E-state index in [1.807, 2.05) is 60.7 Å². The number of fused-ring (bicyclic) bond motifs is 22. The predicted octanol–water partition coefficient (Wildman–Crippen LogP) is 27.7. The Morgan fingerprint density at radius 2 is 0.476 bits per heavy atom. The minimum Gasteiger partial charge on any atom is -0.457 e. The molecule has 0 unspecified atom stereocenters. The second kappa shape index (κ2) is 30.3. The normalized spacial score (nSPS) is 14.4. The molecule has 20 aromatic rings. The molecule has 0 amide bonds. The summed E-state index contributed by atoms with van der Waals surface area (Å²) in [6.07, 6.45) is 0. The van der Waals surface area contributed by atoms with Gasteiger partial charge in [0.05, 0.1) is 22.0 Å². The molecule has 0 radical (unpaired) electrons. The summed E-state index contributed by atoms with van der Waals surface area (Å²) in [7, 11) is -0.422. The fourth-order valence-corrected chi connectivity index (χ4v) is 19.6. The molecule has 5 heterocycles. The maximum atomic E-state index is 6.56. The summed E-state index contributed by atoms with van der Waals surface area (Å²) in [6.45, 7) is 8.26. The average molecular weight is 1690 g/mol. The van der Waals surface area contributed by atoms with Crippen molar-refractivity contribution in [1.29, 1.82) is 0 Å². The Morgan fingerprint density at radius 1 is 0.214 bits per heavy atom. The van der Waals surface area contributed by atoms with Gasteiger partial charge in [-0.05, 0) is 199 Å². The van der Waals surface area contributed by atoms with Crippen LogP contribution in [-0.4, -0.2) is 48.2 Å². The zero-order chi connectivity index (χ0) is 84.4. The van der Waals surface area contributed by atoms with E-state index < -0.39 is 23.7 Å². The molecule has 2 aliphatic carbocycles. The van der Waals surface area contributed by atoms with Crippen LogP contribution in [0.15, 0.2) is 405 Å². The molecule has 0 atom stereocenters. The van der Waals surface area contributed by atoms with Crippen LogP contribution in [0.1, 0.15) is 72.2 Å². The van der Waals surface area contributed by atoms with E-state index in [1.165, 1.54) is 77.2 Å². The smallest absolute Gasteiger partial charge is 0.457 e. The fourth-order valence-electron chi connectivity index (χ4n) is 19.3. The van der Waals surface area contributed by atoms with E-state index in [0.717, 1.165) is 110 Å². The van der Waals surface area contributed by atoms with E-state index in [0.29, 0.717) is 34.9 Å². The third-order valence-electron chi connectivity index (χ3n) is 26.1. The molecule has 0 N–H and O–H groups in total. The molecule has 1 saturated heterocycles. The quantitative estimate of drug-likeness (QED) is 0.136. The SMILES string of the molecule is Brc1ccc2c(c1)C1(c3ccccc3Oc3ccccc31)c1ccccc1-2.CC1(C)OB(c2ccc(-c3nc(-c4ccc5ccccc5c4)nc(-c4ccc5ccccc5c4)n3)cc2)OC1(C)C.c1ccc2c(c1)Oc1ccccc1C21c2ccccc2-c2ccc(-c3ccc(-c4nc(-c5ccc6ccccc6c5)nc(-c5ccc6ccccc6c5)n4)cc3)cc21. The molecule has 2 spiro atoms. The molecule has 3 aliphatic heterocycles. The molecule has 126 heavy (non-hydrogen) atoms. The van der Waals surface area contributed by atoms with Crippen LogP contribution in [-0.2, 0) is 20.1 Å². The van der Waals surface area contributed by atoms with Crippen LogP contribution in [0.25, 0.3) is 145 Å². The minimum atomic E-state index is -0.517. The number of ether oxygens (including phenoxy) is 2. The number of hydrogen-bond donors (Lipinski definition) is 0. The number of rotatable bonds is 8. The van der Waals surface area contributed by atoms with Crippen LogP contribution in [0.2, 0.25) is 0 Å². The van der Waals surface area contributed by atoms with Crippen LogP contribution in [0.3, 0.4) is 0 Å². The third-order valence-corrected chi connectivity index (χ3v) is 26.6. The number of aromatic nitrogens is 6. The summed E-state index contributed by atoms with van der Waals surface area (Å²) in [4.78, 5) is 30.2. The van der Waals surface area contributed by atoms with Crippen LogP contribution in [0.4, 0.5) is 0 Å². The van der Waals surface area contributed by atoms with Gasteiger partial charge in [-0.1, -0.05) is 350 Å². The summed E-state index contributed by atoms with van der Waals surface area (Å²) in [5, 5.41) is 9.29. The highest BCUT2D eigenvalue weighted by molar-refractivity contribution is 9.10. The number of halogens is 1. The number of para-hydroxylation sites is 4. The molecule has 0 bridgehead atoms. The zero-order valence-corrected chi connectivity index (χ0v) is 71.0. The van der Waals surface area contributed by atoms with E-state index in [1.54, 1.807) is 0 Å². The van der Waals surface area contributed by atoms with Crippen molar-refractivity contribution >= 4 is 71.6 Å². The molecule has 598 valence electrons. The van der Waals surface area contributed by atoms with E-state index >= 15 is 0 Å². The van der Waals surface area contributed by atoms with E-state index in [9.17, 15) is 0 Å². The molecule has 1 fully saturated rings. The highest BCUT2D eigenvalue weighted by Gasteiger charge is 2.54. The second-order valence-electron chi connectivity index (χ2n) is 33.9. The number of hydrogen-bond acceptors (Lipinski definition) is 10. The molecular weight excluding hydrogens is 1610 g/mol. The first-order valence-corrected chi connectivity index (χ1v) is 43.5. The first-order chi connectivity index (χ1) is 61.8. The highest BCUT2D eigenvalue weighted by atomic mass is 79.9. The van der Waals surface area contributed by atoms with Crippen molar-refractivity contribution in [2.75, 3.05) is 0 Å². The lowest BCUT2D eigenvalue weighted by atomic mass is 9.66. The second-order valence-corrected chi connectivity index (χ2v) is 34.8. The zero-order valence-electron chi connectivity index (χ0n) is 69.4. The van der Waals surface area contributed by atoms with Crippen LogP contribution in [0, 0.1) is 0 Å². The Labute approximate surface area is 738 Å². The van der Waals surface area contributed by atoms with Crippen molar-refractivity contribution in [3.63, 3.8) is 0 Å². The molecule has 25 rings (SSSR count). The van der Waals surface area contributed by atoms with Gasteiger partial charge in [0.25, 0.3) is 0 Å². The van der Waals surface area contributed by atoms with Gasteiger partial charge in [-0.3, -0.25) is 0 Å². The van der Waals surface area contributed by atoms with E-state index in [4.69, 9.17) is 48.7 Å². The lowest BCUT2D eigenvalue weighted by molar-refractivity contribution is 0.00578. The Balaban J connectivity index is 0.000000117. The number of benzene rings is 18. The molecule has 18 aromatic carbocycles. The molecule has 10 nitrogen and oxygen atoms in total. The summed E-state index contributed by atoms with van der Waals surface area (Å²) in [5.41, 5.74) is 22.1. The van der Waals surface area contributed by atoms with Crippen molar-refractivity contribution in [2.24, 2.45) is 0 Å². The minimum absolute atomic E-state index is 0.360. The third kappa shape index (κ3) is 12.8. The molecule has 2 aromatic heterocycles. The first-order valence-electron chi connectivity index (χ1n) is 42.7. The van der Waals surface area contributed by atoms with Gasteiger partial charge in [0.1, 0.15) is 23.0 Å². The number of nitrogens with zero attached hydrogens (tertiary/aromatic N) is 6. The summed E-state index contributed by atoms with van der Waals surface area (Å²) < 4.78 is 26.5. The van der Waals surface area contributed by atoms with E-state index in [-0.39, 0.29) is 5.41 Å². The predicted molar refractivity (Wildman–Crippen MR) is 512 cm³/mol. The molecular formula is C114H78BBrN6O4. The van der Waals surface area contributed by atoms with Crippen molar-refractivity contribution in [2.45, 2.75) is 49.7 Å². The molecule has 5 aliphatic rings. The van der Waals surface area contributed by atoms with Gasteiger partial charge >= 0.3 is 7.12 Å². The van der Waals surface area contributed by atoms with Gasteiger partial charge < -0.3 is 18.8 Å². The maximum Gasteiger partial charge on any atom is 0.494 e. The van der Waals surface area contributed by atoms with Crippen LogP contribution >= 0.6 is 15.9 Å². The maximum absolute atomic E-state index is 6.56. The first kappa shape index (κ1) is 76.0. The molecule has 12 heteroatoms. The molecule has 0 saturated carbocycles. The van der Waals surface area contributed by atoms with Gasteiger partial charge in [-0.2, -0.15) is 0 Å². The van der Waals surface area contributed by atoms with Gasteiger partial charge in [0.2, 0.25) is 0 Å². The van der Waals surface area contributed by atoms with Crippen molar-refractivity contribution in [3.8, 4) is 125 Å². The summed E-state index contributed by atoms with van der Waals surface area (Å²) in [5.74, 6) is 7.45. The average Bonchev–Trinajstić information content (AvgIpc) is 1.51. The van der Waals surface area contributed by atoms with Gasteiger partial charge in [0, 0.05) is 60.1 Å². The Kier molecular flexibility index (Phi) is 18.2. The summed E-state index contributed by atoms with van der Waals surface area (Å²) >= 11 is 3.71. The lowest BCUT2D eigenvalue weighted by Gasteiger charge is -2.39. The lowest BCUT2D eigenvalue weighted by Crippen LogP contribution is -2.41. The Morgan fingerprint density at radius 3 is 0.841 bits per heavy atom. The largest absolute Gasteiger partial charge is 0.494 e. The van der Waals surface area contributed by atoms with E-state index in [2.05, 4.69) is 383 Å². The Bertz CT molecular complexity index is 7500. The van der Waals surface area contributed by atoms with Crippen LogP contribution in [0.5, 0.6) is 23.0 Å². The van der Waals surface area contributed by atoms with Gasteiger partial charge in [-0.15, -0.1) is 0 Å². The van der Waals surface area contributed by atoms with Gasteiger partial charge in [0.15, 0.2) is 34.9 Å². The van der Waals surface area contributed by atoms with Gasteiger partial charge in [-0.25, -0.2) is 29.9 Å². The Hall–Kier alpha value is -14.9. The van der Waals surface area contributed by atoms with Crippen molar-refractivity contribution in [1.82, 2.24) is 29.9 Å². The van der Waals surface area contributed by atoms with Crippen molar-refractivity contribution in [3.05, 3.63) is 449 Å². The monoisotopic (exact) mass is 1680 g/mol. The highest BCUT2D eigenvalue weighted by Crippen LogP contribution is 2.64. The van der Waals surface area contributed by atoms with Crippen LogP contribution < -0.4 is 14.9 Å². The van der Waals surface area contributed by atoms with Crippen molar-refractivity contribution < 1.29 is 18.8 Å². The standard InChI is InChI=1S/C54H33N3O.C35H30BN3O2.C25H15BrO/c1-3-13-38-31-41(27-23-34(38)11-1)52-55-51(56-53(57-52)42-28-24-35-12-2-4-14-39(35)32-42)37-25-21-36(22-26-37)40-29-30-44-43-15-5-6-16-45(43)54(48(44)33-40)46-17-7-9-19-49(46)58-50-20-10-8-18-47(50)54;1-34(2)35(3,4)41-36(40-34)30-19-17-25(18-20-30)31-37-32(28-15-13-23-9-5-7-11-26(23)21-28)39-33(38-31)29-16-14-24-10-6-8-12-27(24)22-29;26-16-13-14-18-17-7-1-2-8-19(17)25(22(18)15-16)20-9-3-5-11-23(20)27-24-12-6-4-10-21(24)25/h1-33H;5-22H,1-4H3;1-15H.